The second-order valence-electron chi connectivity index (χ2n) is 5.11. The Morgan fingerprint density at radius 2 is 1.33 bits per heavy atom. The predicted octanol–water partition coefficient (Wildman–Crippen LogP) is 4.47. The van der Waals surface area contributed by atoms with E-state index in [0.29, 0.717) is 11.7 Å². The Labute approximate surface area is 109 Å². The van der Waals surface area contributed by atoms with Crippen LogP contribution in [-0.2, 0) is 0 Å². The molecule has 0 saturated heterocycles. The highest BCUT2D eigenvalue weighted by molar-refractivity contribution is 5.41. The lowest BCUT2D eigenvalue weighted by molar-refractivity contribution is 0.471. The number of rotatable bonds is 2. The van der Waals surface area contributed by atoms with Crippen LogP contribution in [-0.4, -0.2) is 5.11 Å². The van der Waals surface area contributed by atoms with E-state index in [1.165, 1.54) is 22.3 Å². The minimum Gasteiger partial charge on any atom is -0.508 e. The Morgan fingerprint density at radius 1 is 0.778 bits per heavy atom. The molecule has 2 rings (SSSR count). The number of phenolic OH excluding ortho intramolecular Hbond substituents is 1. The van der Waals surface area contributed by atoms with Crippen LogP contribution in [0.15, 0.2) is 36.4 Å². The fourth-order valence-electron chi connectivity index (χ4n) is 2.17. The van der Waals surface area contributed by atoms with E-state index >= 15 is 0 Å². The van der Waals surface area contributed by atoms with E-state index < -0.39 is 0 Å². The number of hydrogen-bond donors (Lipinski definition) is 1. The lowest BCUT2D eigenvalue weighted by Gasteiger charge is -2.15. The molecule has 1 nitrogen and oxygen atoms in total. The van der Waals surface area contributed by atoms with Gasteiger partial charge in [0.15, 0.2) is 0 Å². The van der Waals surface area contributed by atoms with Gasteiger partial charge in [0, 0.05) is 5.92 Å². The van der Waals surface area contributed by atoms with Crippen molar-refractivity contribution in [3.63, 3.8) is 0 Å². The van der Waals surface area contributed by atoms with Crippen molar-refractivity contribution >= 4 is 0 Å². The summed E-state index contributed by atoms with van der Waals surface area (Å²) in [4.78, 5) is 0. The number of benzene rings is 2. The molecular weight excluding hydrogens is 220 g/mol. The Bertz CT molecular complexity index is 518. The normalized spacial score (nSPS) is 12.4. The molecule has 1 heteroatoms. The summed E-state index contributed by atoms with van der Waals surface area (Å²) < 4.78 is 0. The highest BCUT2D eigenvalue weighted by atomic mass is 16.3. The Balaban J connectivity index is 2.37. The molecule has 1 N–H and O–H groups in total. The molecule has 94 valence electrons. The fourth-order valence-corrected chi connectivity index (χ4v) is 2.17. The maximum Gasteiger partial charge on any atom is 0.118 e. The van der Waals surface area contributed by atoms with Crippen molar-refractivity contribution in [3.8, 4) is 5.75 Å². The lowest BCUT2D eigenvalue weighted by atomic mass is 9.90. The van der Waals surface area contributed by atoms with Crippen molar-refractivity contribution in [1.82, 2.24) is 0 Å². The number of phenols is 1. The van der Waals surface area contributed by atoms with E-state index in [0.717, 1.165) is 5.56 Å². The monoisotopic (exact) mass is 240 g/mol. The largest absolute Gasteiger partial charge is 0.508 e. The van der Waals surface area contributed by atoms with Gasteiger partial charge in [0.05, 0.1) is 0 Å². The van der Waals surface area contributed by atoms with Gasteiger partial charge in [-0.05, 0) is 54.7 Å². The van der Waals surface area contributed by atoms with Crippen molar-refractivity contribution in [3.05, 3.63) is 64.2 Å². The third-order valence-electron chi connectivity index (χ3n) is 3.75. The van der Waals surface area contributed by atoms with Gasteiger partial charge in [-0.15, -0.1) is 0 Å². The number of aromatic hydroxyl groups is 1. The van der Waals surface area contributed by atoms with Crippen LogP contribution in [0.4, 0.5) is 0 Å². The summed E-state index contributed by atoms with van der Waals surface area (Å²) >= 11 is 0. The average molecular weight is 240 g/mol. The van der Waals surface area contributed by atoms with Crippen LogP contribution in [0.25, 0.3) is 0 Å². The fraction of sp³-hybridized carbons (Fsp3) is 0.294. The summed E-state index contributed by atoms with van der Waals surface area (Å²) in [7, 11) is 0. The molecule has 18 heavy (non-hydrogen) atoms. The molecule has 0 radical (unpaired) electrons. The standard InChI is InChI=1S/C17H20O/c1-11-5-6-15(9-12(11)2)14(4)16-7-8-17(18)13(3)10-16/h5-10,14,18H,1-4H3. The van der Waals surface area contributed by atoms with Crippen LogP contribution in [0.3, 0.4) is 0 Å². The minimum absolute atomic E-state index is 0.351. The van der Waals surface area contributed by atoms with Crippen LogP contribution >= 0.6 is 0 Å². The molecular formula is C17H20O. The number of aryl methyl sites for hydroxylation is 3. The van der Waals surface area contributed by atoms with Crippen LogP contribution in [0.2, 0.25) is 0 Å². The third-order valence-corrected chi connectivity index (χ3v) is 3.75. The van der Waals surface area contributed by atoms with Gasteiger partial charge in [0.25, 0.3) is 0 Å². The highest BCUT2D eigenvalue weighted by Crippen LogP contribution is 2.28. The summed E-state index contributed by atoms with van der Waals surface area (Å²) in [6, 6.07) is 12.5. The maximum absolute atomic E-state index is 9.58. The first-order chi connectivity index (χ1) is 8.49. The molecule has 0 heterocycles. The Kier molecular flexibility index (Phi) is 3.42. The van der Waals surface area contributed by atoms with Crippen molar-refractivity contribution in [1.29, 1.82) is 0 Å². The van der Waals surface area contributed by atoms with Gasteiger partial charge in [0.2, 0.25) is 0 Å². The van der Waals surface area contributed by atoms with Crippen LogP contribution < -0.4 is 0 Å². The van der Waals surface area contributed by atoms with Crippen LogP contribution in [0.5, 0.6) is 5.75 Å². The molecule has 0 amide bonds. The van der Waals surface area contributed by atoms with E-state index in [1.54, 1.807) is 6.07 Å². The van der Waals surface area contributed by atoms with Gasteiger partial charge in [-0.25, -0.2) is 0 Å². The molecule has 2 aromatic carbocycles. The zero-order chi connectivity index (χ0) is 13.3. The SMILES string of the molecule is Cc1ccc(C(C)c2ccc(O)c(C)c2)cc1C. The molecule has 0 aliphatic heterocycles. The predicted molar refractivity (Wildman–Crippen MR) is 76.3 cm³/mol. The molecule has 2 aromatic rings. The second-order valence-corrected chi connectivity index (χ2v) is 5.11. The zero-order valence-electron chi connectivity index (χ0n) is 11.5. The highest BCUT2D eigenvalue weighted by Gasteiger charge is 2.10. The maximum atomic E-state index is 9.58. The second kappa shape index (κ2) is 4.85. The van der Waals surface area contributed by atoms with Crippen molar-refractivity contribution in [2.45, 2.75) is 33.6 Å². The smallest absolute Gasteiger partial charge is 0.118 e. The summed E-state index contributed by atoms with van der Waals surface area (Å²) in [6.45, 7) is 8.42. The minimum atomic E-state index is 0.351. The first-order valence-corrected chi connectivity index (χ1v) is 6.35. The Morgan fingerprint density at radius 3 is 1.89 bits per heavy atom. The lowest BCUT2D eigenvalue weighted by Crippen LogP contribution is -1.97. The first kappa shape index (κ1) is 12.7. The molecule has 1 atom stereocenters. The van der Waals surface area contributed by atoms with Crippen molar-refractivity contribution in [2.75, 3.05) is 0 Å². The molecule has 0 aromatic heterocycles. The molecule has 0 aliphatic rings. The van der Waals surface area contributed by atoms with Crippen molar-refractivity contribution < 1.29 is 5.11 Å². The van der Waals surface area contributed by atoms with Gasteiger partial charge in [-0.3, -0.25) is 0 Å². The van der Waals surface area contributed by atoms with E-state index in [2.05, 4.69) is 45.0 Å². The summed E-state index contributed by atoms with van der Waals surface area (Å²) in [5.74, 6) is 0.717. The summed E-state index contributed by atoms with van der Waals surface area (Å²) in [6.07, 6.45) is 0. The first-order valence-electron chi connectivity index (χ1n) is 6.35. The molecule has 0 fully saturated rings. The molecule has 0 aliphatic carbocycles. The van der Waals surface area contributed by atoms with E-state index in [4.69, 9.17) is 0 Å². The molecule has 0 spiro atoms. The number of hydrogen-bond acceptors (Lipinski definition) is 1. The zero-order valence-corrected chi connectivity index (χ0v) is 11.5. The Hall–Kier alpha value is -1.76. The quantitative estimate of drug-likeness (QED) is 0.821. The van der Waals surface area contributed by atoms with Gasteiger partial charge in [-0.2, -0.15) is 0 Å². The van der Waals surface area contributed by atoms with Crippen LogP contribution in [0, 0.1) is 20.8 Å². The van der Waals surface area contributed by atoms with Crippen molar-refractivity contribution in [2.24, 2.45) is 0 Å². The summed E-state index contributed by atoms with van der Waals surface area (Å²) in [5.41, 5.74) is 6.16. The molecule has 1 unspecified atom stereocenters. The van der Waals surface area contributed by atoms with Gasteiger partial charge >= 0.3 is 0 Å². The average Bonchev–Trinajstić information content (AvgIpc) is 2.35. The molecule has 0 bridgehead atoms. The van der Waals surface area contributed by atoms with E-state index in [9.17, 15) is 5.11 Å². The van der Waals surface area contributed by atoms with E-state index in [1.807, 2.05) is 13.0 Å². The van der Waals surface area contributed by atoms with Gasteiger partial charge < -0.3 is 5.11 Å². The van der Waals surface area contributed by atoms with Crippen LogP contribution in [0.1, 0.15) is 40.7 Å². The van der Waals surface area contributed by atoms with E-state index in [-0.39, 0.29) is 0 Å². The third kappa shape index (κ3) is 2.40. The summed E-state index contributed by atoms with van der Waals surface area (Å²) in [5, 5.41) is 9.58. The van der Waals surface area contributed by atoms with Gasteiger partial charge in [0.1, 0.15) is 5.75 Å². The molecule has 0 saturated carbocycles. The van der Waals surface area contributed by atoms with Gasteiger partial charge in [-0.1, -0.05) is 37.3 Å². The topological polar surface area (TPSA) is 20.2 Å².